The van der Waals surface area contributed by atoms with Crippen LogP contribution in [0.5, 0.6) is 0 Å². The first-order valence-corrected chi connectivity index (χ1v) is 3.76. The van der Waals surface area contributed by atoms with Gasteiger partial charge in [-0.1, -0.05) is 0 Å². The van der Waals surface area contributed by atoms with Gasteiger partial charge in [0.25, 0.3) is 0 Å². The topological polar surface area (TPSA) is 72.8 Å². The number of hydrogen-bond acceptors (Lipinski definition) is 4. The van der Waals surface area contributed by atoms with E-state index >= 15 is 0 Å². The molecule has 1 fully saturated rings. The molecule has 1 N–H and O–H groups in total. The van der Waals surface area contributed by atoms with Crippen molar-refractivity contribution in [3.63, 3.8) is 0 Å². The van der Waals surface area contributed by atoms with E-state index in [-0.39, 0.29) is 12.2 Å². The van der Waals surface area contributed by atoms with Crippen LogP contribution in [0, 0.1) is 0 Å². The number of ether oxygens (including phenoxy) is 2. The zero-order chi connectivity index (χ0) is 10.0. The van der Waals surface area contributed by atoms with Gasteiger partial charge in [-0.25, -0.2) is 9.59 Å². The molecule has 5 nitrogen and oxygen atoms in total. The van der Waals surface area contributed by atoms with Gasteiger partial charge < -0.3 is 14.6 Å². The van der Waals surface area contributed by atoms with E-state index in [1.54, 1.807) is 6.92 Å². The number of carboxylic acid groups (broad SMARTS) is 1. The molecule has 1 unspecified atom stereocenters. The van der Waals surface area contributed by atoms with Crippen LogP contribution >= 0.6 is 0 Å². The van der Waals surface area contributed by atoms with Crippen molar-refractivity contribution in [2.24, 2.45) is 0 Å². The van der Waals surface area contributed by atoms with Gasteiger partial charge in [-0.2, -0.15) is 0 Å². The first-order valence-electron chi connectivity index (χ1n) is 3.76. The third-order valence-corrected chi connectivity index (χ3v) is 1.99. The smallest absolute Gasteiger partial charge is 0.478 e. The molecule has 0 saturated carbocycles. The van der Waals surface area contributed by atoms with Crippen molar-refractivity contribution in [1.82, 2.24) is 0 Å². The van der Waals surface area contributed by atoms with Crippen LogP contribution in [0.3, 0.4) is 0 Å². The number of cyclic esters (lactones) is 2. The van der Waals surface area contributed by atoms with Crippen LogP contribution in [0.25, 0.3) is 0 Å². The normalized spacial score (nSPS) is 23.2. The van der Waals surface area contributed by atoms with Gasteiger partial charge in [0.1, 0.15) is 6.61 Å². The van der Waals surface area contributed by atoms with Gasteiger partial charge in [-0.3, -0.25) is 0 Å². The zero-order valence-electron chi connectivity index (χ0n) is 7.36. The van der Waals surface area contributed by atoms with E-state index in [9.17, 15) is 9.59 Å². The molecule has 0 aromatic rings. The van der Waals surface area contributed by atoms with E-state index in [4.69, 9.17) is 9.84 Å². The van der Waals surface area contributed by atoms with Crippen LogP contribution in [0.2, 0.25) is 0 Å². The van der Waals surface area contributed by atoms with Crippen molar-refractivity contribution in [3.8, 4) is 0 Å². The molecule has 1 atom stereocenters. The summed E-state index contributed by atoms with van der Waals surface area (Å²) < 4.78 is 9.24. The van der Waals surface area contributed by atoms with Crippen LogP contribution in [-0.4, -0.2) is 29.9 Å². The Labute approximate surface area is 74.9 Å². The number of carboxylic acids is 1. The van der Waals surface area contributed by atoms with Crippen LogP contribution in [0.15, 0.2) is 11.1 Å². The molecule has 0 radical (unpaired) electrons. The van der Waals surface area contributed by atoms with E-state index in [1.807, 2.05) is 0 Å². The fourth-order valence-corrected chi connectivity index (χ4v) is 0.951. The van der Waals surface area contributed by atoms with Gasteiger partial charge in [-0.15, -0.1) is 0 Å². The maximum Gasteiger partial charge on any atom is 0.509 e. The summed E-state index contributed by atoms with van der Waals surface area (Å²) in [5, 5.41) is 8.64. The lowest BCUT2D eigenvalue weighted by Crippen LogP contribution is -2.15. The molecular formula is C8H10O5. The molecule has 0 aromatic carbocycles. The lowest BCUT2D eigenvalue weighted by Gasteiger charge is -2.08. The molecular weight excluding hydrogens is 176 g/mol. The monoisotopic (exact) mass is 186 g/mol. The first-order chi connectivity index (χ1) is 6.02. The average molecular weight is 186 g/mol. The molecule has 0 amide bonds. The van der Waals surface area contributed by atoms with Crippen LogP contribution in [0.4, 0.5) is 4.79 Å². The Balaban J connectivity index is 2.77. The number of aliphatic carboxylic acids is 1. The maximum absolute atomic E-state index is 10.5. The summed E-state index contributed by atoms with van der Waals surface area (Å²) in [6.45, 7) is 3.16. The van der Waals surface area contributed by atoms with Crippen molar-refractivity contribution in [3.05, 3.63) is 11.1 Å². The quantitative estimate of drug-likeness (QED) is 0.513. The van der Waals surface area contributed by atoms with E-state index < -0.39 is 18.2 Å². The molecule has 0 bridgehead atoms. The van der Waals surface area contributed by atoms with E-state index in [2.05, 4.69) is 4.74 Å². The minimum absolute atomic E-state index is 0.0925. The largest absolute Gasteiger partial charge is 0.509 e. The molecule has 0 aliphatic carbocycles. The Morgan fingerprint density at radius 1 is 1.54 bits per heavy atom. The molecule has 1 aliphatic rings. The highest BCUT2D eigenvalue weighted by molar-refractivity contribution is 5.87. The Kier molecular flexibility index (Phi) is 2.55. The highest BCUT2D eigenvalue weighted by Crippen LogP contribution is 2.17. The SMILES string of the molecule is CC(C(=O)O)=C(C)C1COC(=O)O1. The number of rotatable bonds is 2. The Morgan fingerprint density at radius 2 is 2.15 bits per heavy atom. The summed E-state index contributed by atoms with van der Waals surface area (Å²) in [6, 6.07) is 0. The summed E-state index contributed by atoms with van der Waals surface area (Å²) >= 11 is 0. The fraction of sp³-hybridized carbons (Fsp3) is 0.500. The van der Waals surface area contributed by atoms with Gasteiger partial charge in [0.05, 0.1) is 0 Å². The summed E-state index contributed by atoms with van der Waals surface area (Å²) in [6.07, 6.45) is -1.30. The first kappa shape index (κ1) is 9.57. The Hall–Kier alpha value is -1.52. The highest BCUT2D eigenvalue weighted by atomic mass is 16.8. The van der Waals surface area contributed by atoms with Crippen LogP contribution in [0.1, 0.15) is 13.8 Å². The molecule has 13 heavy (non-hydrogen) atoms. The van der Waals surface area contributed by atoms with Crippen molar-refractivity contribution in [2.45, 2.75) is 20.0 Å². The Morgan fingerprint density at radius 3 is 2.54 bits per heavy atom. The van der Waals surface area contributed by atoms with Gasteiger partial charge in [0, 0.05) is 5.57 Å². The molecule has 1 rings (SSSR count). The molecule has 1 saturated heterocycles. The molecule has 0 spiro atoms. The van der Waals surface area contributed by atoms with Crippen molar-refractivity contribution in [2.75, 3.05) is 6.61 Å². The molecule has 1 aliphatic heterocycles. The number of hydrogen-bond donors (Lipinski definition) is 1. The van der Waals surface area contributed by atoms with Crippen molar-refractivity contribution in [1.29, 1.82) is 0 Å². The van der Waals surface area contributed by atoms with Crippen LogP contribution < -0.4 is 0 Å². The minimum atomic E-state index is -1.01. The van der Waals surface area contributed by atoms with E-state index in [1.165, 1.54) is 6.92 Å². The van der Waals surface area contributed by atoms with Crippen molar-refractivity contribution < 1.29 is 24.2 Å². The molecule has 5 heteroatoms. The second-order valence-electron chi connectivity index (χ2n) is 2.78. The standard InChI is InChI=1S/C8H10O5/c1-4(5(2)7(9)10)6-3-12-8(11)13-6/h6H,3H2,1-2H3,(H,9,10). The summed E-state index contributed by atoms with van der Waals surface area (Å²) in [7, 11) is 0. The lowest BCUT2D eigenvalue weighted by molar-refractivity contribution is -0.132. The van der Waals surface area contributed by atoms with E-state index in [0.717, 1.165) is 0 Å². The second kappa shape index (κ2) is 3.47. The van der Waals surface area contributed by atoms with Gasteiger partial charge in [-0.05, 0) is 19.4 Å². The highest BCUT2D eigenvalue weighted by Gasteiger charge is 2.28. The number of carbonyl (C=O) groups is 2. The average Bonchev–Trinajstić information content (AvgIpc) is 2.49. The summed E-state index contributed by atoms with van der Waals surface area (Å²) in [5.74, 6) is -1.01. The van der Waals surface area contributed by atoms with Crippen molar-refractivity contribution >= 4 is 12.1 Å². The van der Waals surface area contributed by atoms with E-state index in [0.29, 0.717) is 5.57 Å². The Bertz CT molecular complexity index is 278. The van der Waals surface area contributed by atoms with Crippen LogP contribution in [-0.2, 0) is 14.3 Å². The predicted molar refractivity (Wildman–Crippen MR) is 42.2 cm³/mol. The van der Waals surface area contributed by atoms with Gasteiger partial charge in [0.2, 0.25) is 0 Å². The number of carbonyl (C=O) groups excluding carboxylic acids is 1. The zero-order valence-corrected chi connectivity index (χ0v) is 7.36. The minimum Gasteiger partial charge on any atom is -0.478 e. The third-order valence-electron chi connectivity index (χ3n) is 1.99. The molecule has 72 valence electrons. The molecule has 0 aromatic heterocycles. The fourth-order valence-electron chi connectivity index (χ4n) is 0.951. The van der Waals surface area contributed by atoms with Gasteiger partial charge >= 0.3 is 12.1 Å². The van der Waals surface area contributed by atoms with Gasteiger partial charge in [0.15, 0.2) is 6.10 Å². The third kappa shape index (κ3) is 1.99. The second-order valence-corrected chi connectivity index (χ2v) is 2.78. The maximum atomic E-state index is 10.5. The summed E-state index contributed by atoms with van der Waals surface area (Å²) in [4.78, 5) is 21.1. The predicted octanol–water partition coefficient (Wildman–Crippen LogP) is 0.943. The lowest BCUT2D eigenvalue weighted by atomic mass is 10.1. The molecule has 1 heterocycles. The summed E-state index contributed by atoms with van der Waals surface area (Å²) in [5.41, 5.74) is 0.696.